The van der Waals surface area contributed by atoms with Crippen LogP contribution in [0.5, 0.6) is 17.2 Å². The summed E-state index contributed by atoms with van der Waals surface area (Å²) < 4.78 is 22.5. The Morgan fingerprint density at radius 3 is 2.62 bits per heavy atom. The van der Waals surface area contributed by atoms with Crippen molar-refractivity contribution in [2.75, 3.05) is 14.2 Å². The summed E-state index contributed by atoms with van der Waals surface area (Å²) in [4.78, 5) is 12.6. The lowest BCUT2D eigenvalue weighted by Gasteiger charge is -2.35. The average molecular weight is 290 g/mol. The van der Waals surface area contributed by atoms with Crippen molar-refractivity contribution in [2.45, 2.75) is 32.3 Å². The minimum Gasteiger partial charge on any atom is -0.495 e. The minimum absolute atomic E-state index is 0.00106. The number of Topliss-reactive ketones (excluding diaryl/α,β-unsaturated/α-hetero) is 1. The molecule has 5 nitrogen and oxygen atoms in total. The molecule has 2 heterocycles. The number of carbonyl (C=O) groups excluding carboxylic acids is 1. The maximum absolute atomic E-state index is 12.6. The number of methoxy groups -OCH3 is 2. The van der Waals surface area contributed by atoms with Crippen LogP contribution < -0.4 is 14.2 Å². The number of furan rings is 1. The molecule has 0 fully saturated rings. The molecule has 3 rings (SSSR count). The van der Waals surface area contributed by atoms with Crippen molar-refractivity contribution < 1.29 is 23.4 Å². The van der Waals surface area contributed by atoms with E-state index in [1.807, 2.05) is 13.8 Å². The molecule has 0 N–H and O–H groups in total. The molecule has 0 aliphatic carbocycles. The first kappa shape index (κ1) is 13.8. The van der Waals surface area contributed by atoms with Crippen LogP contribution in [0.1, 0.15) is 37.0 Å². The molecule has 1 unspecified atom stereocenters. The van der Waals surface area contributed by atoms with Gasteiger partial charge >= 0.3 is 0 Å². The van der Waals surface area contributed by atoms with Gasteiger partial charge in [-0.1, -0.05) is 6.92 Å². The standard InChI is InChI=1S/C16H18O5/c1-5-16(2)8-10(17)11-12(18-3)9-6-7-20-13(9)15(19-4)14(11)21-16/h6-7H,5,8H2,1-4H3. The van der Waals surface area contributed by atoms with E-state index in [1.54, 1.807) is 12.3 Å². The molecule has 0 bridgehead atoms. The highest BCUT2D eigenvalue weighted by Gasteiger charge is 2.40. The molecule has 1 aromatic carbocycles. The molecular weight excluding hydrogens is 272 g/mol. The Hall–Kier alpha value is -2.17. The summed E-state index contributed by atoms with van der Waals surface area (Å²) in [7, 11) is 3.07. The molecule has 112 valence electrons. The quantitative estimate of drug-likeness (QED) is 0.864. The van der Waals surface area contributed by atoms with Gasteiger partial charge in [0.25, 0.3) is 0 Å². The topological polar surface area (TPSA) is 57.9 Å². The molecule has 0 saturated carbocycles. The molecule has 21 heavy (non-hydrogen) atoms. The van der Waals surface area contributed by atoms with Crippen LogP contribution in [0.25, 0.3) is 11.0 Å². The largest absolute Gasteiger partial charge is 0.495 e. The van der Waals surface area contributed by atoms with Gasteiger partial charge in [0, 0.05) is 0 Å². The molecular formula is C16H18O5. The number of rotatable bonds is 3. The number of hydrogen-bond acceptors (Lipinski definition) is 5. The fourth-order valence-corrected chi connectivity index (χ4v) is 2.77. The van der Waals surface area contributed by atoms with Gasteiger partial charge in [-0.05, 0) is 19.4 Å². The maximum atomic E-state index is 12.6. The second-order valence-corrected chi connectivity index (χ2v) is 5.44. The first-order valence-electron chi connectivity index (χ1n) is 6.92. The zero-order valence-electron chi connectivity index (χ0n) is 12.6. The van der Waals surface area contributed by atoms with Gasteiger partial charge in [-0.15, -0.1) is 0 Å². The Labute approximate surface area is 122 Å². The van der Waals surface area contributed by atoms with E-state index in [1.165, 1.54) is 14.2 Å². The lowest BCUT2D eigenvalue weighted by Crippen LogP contribution is -2.38. The normalized spacial score (nSPS) is 21.0. The highest BCUT2D eigenvalue weighted by Crippen LogP contribution is 2.50. The molecule has 0 saturated heterocycles. The fraction of sp³-hybridized carbons (Fsp3) is 0.438. The highest BCUT2D eigenvalue weighted by atomic mass is 16.5. The Morgan fingerprint density at radius 2 is 2.00 bits per heavy atom. The molecule has 1 aliphatic rings. The first-order valence-corrected chi connectivity index (χ1v) is 6.92. The van der Waals surface area contributed by atoms with Crippen molar-refractivity contribution in [3.8, 4) is 17.2 Å². The second-order valence-electron chi connectivity index (χ2n) is 5.44. The molecule has 5 heteroatoms. The number of fused-ring (bicyclic) bond motifs is 2. The van der Waals surface area contributed by atoms with Crippen LogP contribution in [0.15, 0.2) is 16.7 Å². The van der Waals surface area contributed by atoms with Crippen molar-refractivity contribution in [3.05, 3.63) is 17.9 Å². The van der Waals surface area contributed by atoms with Gasteiger partial charge in [0.15, 0.2) is 17.1 Å². The van der Waals surface area contributed by atoms with Crippen LogP contribution in [-0.2, 0) is 0 Å². The molecule has 1 atom stereocenters. The third kappa shape index (κ3) is 1.87. The molecule has 2 aromatic rings. The third-order valence-electron chi connectivity index (χ3n) is 4.09. The van der Waals surface area contributed by atoms with Crippen molar-refractivity contribution >= 4 is 16.8 Å². The Bertz CT molecular complexity index is 715. The first-order chi connectivity index (χ1) is 10.0. The van der Waals surface area contributed by atoms with Crippen LogP contribution in [0.2, 0.25) is 0 Å². The molecule has 0 radical (unpaired) electrons. The van der Waals surface area contributed by atoms with E-state index in [2.05, 4.69) is 0 Å². The van der Waals surface area contributed by atoms with E-state index in [-0.39, 0.29) is 5.78 Å². The highest BCUT2D eigenvalue weighted by molar-refractivity contribution is 6.10. The van der Waals surface area contributed by atoms with Crippen molar-refractivity contribution in [1.82, 2.24) is 0 Å². The average Bonchev–Trinajstić information content (AvgIpc) is 2.93. The summed E-state index contributed by atoms with van der Waals surface area (Å²) in [6, 6.07) is 1.76. The summed E-state index contributed by atoms with van der Waals surface area (Å²) in [5, 5.41) is 0.713. The van der Waals surface area contributed by atoms with E-state index in [0.29, 0.717) is 40.2 Å². The van der Waals surface area contributed by atoms with Gasteiger partial charge in [-0.3, -0.25) is 4.79 Å². The van der Waals surface area contributed by atoms with Crippen LogP contribution in [0.4, 0.5) is 0 Å². The van der Waals surface area contributed by atoms with E-state index < -0.39 is 5.60 Å². The van der Waals surface area contributed by atoms with E-state index in [9.17, 15) is 4.79 Å². The predicted octanol–water partition coefficient (Wildman–Crippen LogP) is 3.58. The van der Waals surface area contributed by atoms with Gasteiger partial charge < -0.3 is 18.6 Å². The SMILES string of the molecule is CCC1(C)CC(=O)c2c(c(OC)c3occc3c2OC)O1. The maximum Gasteiger partial charge on any atom is 0.205 e. The van der Waals surface area contributed by atoms with Crippen molar-refractivity contribution in [2.24, 2.45) is 0 Å². The Kier molecular flexibility index (Phi) is 3.08. The summed E-state index contributed by atoms with van der Waals surface area (Å²) in [5.74, 6) is 1.34. The molecule has 0 amide bonds. The van der Waals surface area contributed by atoms with Crippen LogP contribution in [-0.4, -0.2) is 25.6 Å². The van der Waals surface area contributed by atoms with Crippen molar-refractivity contribution in [1.29, 1.82) is 0 Å². The number of ketones is 1. The van der Waals surface area contributed by atoms with Crippen LogP contribution in [0.3, 0.4) is 0 Å². The fourth-order valence-electron chi connectivity index (χ4n) is 2.77. The predicted molar refractivity (Wildman–Crippen MR) is 77.6 cm³/mol. The number of carbonyl (C=O) groups is 1. The second kappa shape index (κ2) is 4.69. The van der Waals surface area contributed by atoms with Gasteiger partial charge in [0.05, 0.1) is 32.3 Å². The van der Waals surface area contributed by atoms with Gasteiger partial charge in [-0.25, -0.2) is 0 Å². The zero-order chi connectivity index (χ0) is 15.2. The van der Waals surface area contributed by atoms with Crippen LogP contribution in [0, 0.1) is 0 Å². The van der Waals surface area contributed by atoms with Gasteiger partial charge in [0.2, 0.25) is 5.75 Å². The Morgan fingerprint density at radius 1 is 1.29 bits per heavy atom. The molecule has 1 aliphatic heterocycles. The summed E-state index contributed by atoms with van der Waals surface area (Å²) >= 11 is 0. The summed E-state index contributed by atoms with van der Waals surface area (Å²) in [6.07, 6.45) is 2.59. The lowest BCUT2D eigenvalue weighted by molar-refractivity contribution is 0.0474. The number of ether oxygens (including phenoxy) is 3. The Balaban J connectivity index is 2.37. The smallest absolute Gasteiger partial charge is 0.205 e. The van der Waals surface area contributed by atoms with Gasteiger partial charge in [0.1, 0.15) is 16.9 Å². The summed E-state index contributed by atoms with van der Waals surface area (Å²) in [6.45, 7) is 3.92. The van der Waals surface area contributed by atoms with Gasteiger partial charge in [-0.2, -0.15) is 0 Å². The van der Waals surface area contributed by atoms with Crippen LogP contribution >= 0.6 is 0 Å². The van der Waals surface area contributed by atoms with Crippen molar-refractivity contribution in [3.63, 3.8) is 0 Å². The third-order valence-corrected chi connectivity index (χ3v) is 4.09. The minimum atomic E-state index is -0.539. The van der Waals surface area contributed by atoms with E-state index >= 15 is 0 Å². The number of benzene rings is 1. The molecule has 0 spiro atoms. The lowest BCUT2D eigenvalue weighted by atomic mass is 9.88. The van der Waals surface area contributed by atoms with E-state index in [0.717, 1.165) is 6.42 Å². The zero-order valence-corrected chi connectivity index (χ0v) is 12.6. The monoisotopic (exact) mass is 290 g/mol. The molecule has 1 aromatic heterocycles. The number of hydrogen-bond donors (Lipinski definition) is 0. The summed E-state index contributed by atoms with van der Waals surface area (Å²) in [5.41, 5.74) is 0.429. The van der Waals surface area contributed by atoms with E-state index in [4.69, 9.17) is 18.6 Å².